The van der Waals surface area contributed by atoms with E-state index in [0.717, 1.165) is 28.8 Å². The number of primary amides is 1. The first-order valence-corrected chi connectivity index (χ1v) is 13.8. The number of nitrogens with zero attached hydrogens (tertiary/aromatic N) is 3. The smallest absolute Gasteiger partial charge is 0.310 e. The second kappa shape index (κ2) is 10.9. The molecule has 0 bridgehead atoms. The number of carbonyl (C=O) groups is 3. The van der Waals surface area contributed by atoms with Gasteiger partial charge >= 0.3 is 5.97 Å². The van der Waals surface area contributed by atoms with Gasteiger partial charge in [0.15, 0.2) is 0 Å². The number of nitrogens with two attached hydrogens (primary N) is 1. The van der Waals surface area contributed by atoms with Crippen LogP contribution in [0.3, 0.4) is 0 Å². The molecule has 37 heavy (non-hydrogen) atoms. The van der Waals surface area contributed by atoms with Gasteiger partial charge in [-0.2, -0.15) is 0 Å². The first-order valence-electron chi connectivity index (χ1n) is 12.9. The van der Waals surface area contributed by atoms with E-state index in [1.165, 1.54) is 4.70 Å². The van der Waals surface area contributed by atoms with E-state index < -0.39 is 0 Å². The zero-order valence-corrected chi connectivity index (χ0v) is 21.8. The maximum atomic E-state index is 13.7. The number of pyridine rings is 1. The fraction of sp³-hybridized carbons (Fsp3) is 0.429. The Labute approximate surface area is 220 Å². The molecule has 0 spiro atoms. The van der Waals surface area contributed by atoms with Crippen LogP contribution in [0.15, 0.2) is 42.5 Å². The summed E-state index contributed by atoms with van der Waals surface area (Å²) in [5.74, 6) is -0.450. The zero-order valence-electron chi connectivity index (χ0n) is 21.0. The van der Waals surface area contributed by atoms with Gasteiger partial charge in [0.05, 0.1) is 28.7 Å². The molecule has 8 nitrogen and oxygen atoms in total. The van der Waals surface area contributed by atoms with Crippen LogP contribution in [0, 0.1) is 11.8 Å². The highest BCUT2D eigenvalue weighted by atomic mass is 32.1. The SMILES string of the molecule is CCOC(=O)[C@H]1CCCN(c2nc(-c3cc4ccccc4s3)ccc2C(=O)N2CCC(C(N)=O)CC2)C1. The molecule has 4 heterocycles. The van der Waals surface area contributed by atoms with Gasteiger partial charge in [-0.3, -0.25) is 14.4 Å². The van der Waals surface area contributed by atoms with Gasteiger partial charge in [-0.25, -0.2) is 4.98 Å². The van der Waals surface area contributed by atoms with Crippen molar-refractivity contribution in [1.82, 2.24) is 9.88 Å². The molecule has 9 heteroatoms. The molecule has 2 aliphatic rings. The number of rotatable bonds is 6. The van der Waals surface area contributed by atoms with Crippen LogP contribution < -0.4 is 10.6 Å². The summed E-state index contributed by atoms with van der Waals surface area (Å²) in [7, 11) is 0. The minimum Gasteiger partial charge on any atom is -0.466 e. The Morgan fingerprint density at radius 3 is 2.57 bits per heavy atom. The van der Waals surface area contributed by atoms with Gasteiger partial charge in [0.2, 0.25) is 5.91 Å². The zero-order chi connectivity index (χ0) is 25.9. The van der Waals surface area contributed by atoms with E-state index >= 15 is 0 Å². The Kier molecular flexibility index (Phi) is 7.41. The van der Waals surface area contributed by atoms with Crippen molar-refractivity contribution in [3.05, 3.63) is 48.0 Å². The van der Waals surface area contributed by atoms with Crippen molar-refractivity contribution in [3.63, 3.8) is 0 Å². The largest absolute Gasteiger partial charge is 0.466 e. The molecule has 2 aliphatic heterocycles. The molecule has 2 saturated heterocycles. The van der Waals surface area contributed by atoms with Gasteiger partial charge in [-0.1, -0.05) is 18.2 Å². The standard InChI is InChI=1S/C28H32N4O4S/c1-2-36-28(35)20-7-5-13-32(17-20)26-21(27(34)31-14-11-18(12-15-31)25(29)33)9-10-22(30-26)24-16-19-6-3-4-8-23(19)37-24/h3-4,6,8-10,16,18,20H,2,5,7,11-15,17H2,1H3,(H2,29,33)/t20-/m0/s1. The van der Waals surface area contributed by atoms with E-state index in [1.54, 1.807) is 16.2 Å². The normalized spacial score (nSPS) is 18.7. The summed E-state index contributed by atoms with van der Waals surface area (Å²) in [4.78, 5) is 47.7. The third-order valence-electron chi connectivity index (χ3n) is 7.31. The van der Waals surface area contributed by atoms with Crippen molar-refractivity contribution in [2.75, 3.05) is 37.7 Å². The second-order valence-electron chi connectivity index (χ2n) is 9.72. The van der Waals surface area contributed by atoms with Crippen molar-refractivity contribution in [3.8, 4) is 10.6 Å². The molecule has 0 unspecified atom stereocenters. The van der Waals surface area contributed by atoms with Crippen LogP contribution in [0.4, 0.5) is 5.82 Å². The third kappa shape index (κ3) is 5.32. The van der Waals surface area contributed by atoms with Crippen molar-refractivity contribution in [1.29, 1.82) is 0 Å². The Hall–Kier alpha value is -3.46. The Bertz CT molecular complexity index is 1280. The molecule has 0 radical (unpaired) electrons. The van der Waals surface area contributed by atoms with Crippen molar-refractivity contribution in [2.24, 2.45) is 17.6 Å². The minimum atomic E-state index is -0.305. The average Bonchev–Trinajstić information content (AvgIpc) is 3.37. The topological polar surface area (TPSA) is 106 Å². The molecular formula is C28H32N4O4S. The van der Waals surface area contributed by atoms with E-state index in [1.807, 2.05) is 31.2 Å². The highest BCUT2D eigenvalue weighted by molar-refractivity contribution is 7.22. The second-order valence-corrected chi connectivity index (χ2v) is 10.8. The van der Waals surface area contributed by atoms with Gasteiger partial charge < -0.3 is 20.3 Å². The van der Waals surface area contributed by atoms with Gasteiger partial charge in [-0.05, 0) is 62.3 Å². The molecule has 1 aromatic carbocycles. The van der Waals surface area contributed by atoms with Crippen LogP contribution in [0.2, 0.25) is 0 Å². The fourth-order valence-electron chi connectivity index (χ4n) is 5.26. The number of esters is 1. The lowest BCUT2D eigenvalue weighted by Gasteiger charge is -2.35. The van der Waals surface area contributed by atoms with Crippen molar-refractivity contribution in [2.45, 2.75) is 32.6 Å². The minimum absolute atomic E-state index is 0.105. The summed E-state index contributed by atoms with van der Waals surface area (Å²) in [6.45, 7) is 4.30. The fourth-order valence-corrected chi connectivity index (χ4v) is 6.29. The first-order chi connectivity index (χ1) is 17.9. The molecule has 2 N–H and O–H groups in total. The third-order valence-corrected chi connectivity index (χ3v) is 8.45. The number of piperidine rings is 2. The van der Waals surface area contributed by atoms with E-state index in [-0.39, 0.29) is 29.6 Å². The predicted molar refractivity (Wildman–Crippen MR) is 144 cm³/mol. The summed E-state index contributed by atoms with van der Waals surface area (Å²) in [6.07, 6.45) is 2.71. The predicted octanol–water partition coefficient (Wildman–Crippen LogP) is 4.08. The van der Waals surface area contributed by atoms with Crippen LogP contribution >= 0.6 is 11.3 Å². The lowest BCUT2D eigenvalue weighted by Crippen LogP contribution is -2.44. The monoisotopic (exact) mass is 520 g/mol. The summed E-state index contributed by atoms with van der Waals surface area (Å²) in [6, 6.07) is 14.1. The maximum Gasteiger partial charge on any atom is 0.310 e. The number of hydrogen-bond acceptors (Lipinski definition) is 7. The lowest BCUT2D eigenvalue weighted by molar-refractivity contribution is -0.148. The summed E-state index contributed by atoms with van der Waals surface area (Å²) in [5.41, 5.74) is 6.81. The molecule has 2 aromatic heterocycles. The van der Waals surface area contributed by atoms with Crippen LogP contribution in [-0.4, -0.2) is 60.5 Å². The Morgan fingerprint density at radius 2 is 1.84 bits per heavy atom. The van der Waals surface area contributed by atoms with E-state index in [4.69, 9.17) is 15.5 Å². The van der Waals surface area contributed by atoms with Crippen LogP contribution in [-0.2, 0) is 14.3 Å². The van der Waals surface area contributed by atoms with Gasteiger partial charge in [0.1, 0.15) is 5.82 Å². The number of ether oxygens (including phenoxy) is 1. The molecular weight excluding hydrogens is 488 g/mol. The maximum absolute atomic E-state index is 13.7. The summed E-state index contributed by atoms with van der Waals surface area (Å²) < 4.78 is 6.48. The van der Waals surface area contributed by atoms with Crippen LogP contribution in [0.1, 0.15) is 43.0 Å². The molecule has 3 aromatic rings. The van der Waals surface area contributed by atoms with E-state index in [0.29, 0.717) is 57.0 Å². The average molecular weight is 521 g/mol. The number of thiophene rings is 1. The number of likely N-dealkylation sites (tertiary alicyclic amines) is 1. The quantitative estimate of drug-likeness (QED) is 0.491. The van der Waals surface area contributed by atoms with Gasteiger partial charge in [0, 0.05) is 36.8 Å². The number of hydrogen-bond donors (Lipinski definition) is 1. The highest BCUT2D eigenvalue weighted by Gasteiger charge is 2.32. The number of benzene rings is 1. The van der Waals surface area contributed by atoms with Gasteiger partial charge in [0.25, 0.3) is 5.91 Å². The lowest BCUT2D eigenvalue weighted by atomic mass is 9.95. The Morgan fingerprint density at radius 1 is 1.05 bits per heavy atom. The van der Waals surface area contributed by atoms with E-state index in [9.17, 15) is 14.4 Å². The van der Waals surface area contributed by atoms with E-state index in [2.05, 4.69) is 23.1 Å². The van der Waals surface area contributed by atoms with Gasteiger partial charge in [-0.15, -0.1) is 11.3 Å². The van der Waals surface area contributed by atoms with Crippen molar-refractivity contribution < 1.29 is 19.1 Å². The highest BCUT2D eigenvalue weighted by Crippen LogP contribution is 2.35. The number of aromatic nitrogens is 1. The van der Waals surface area contributed by atoms with Crippen LogP contribution in [0.5, 0.6) is 0 Å². The molecule has 0 saturated carbocycles. The molecule has 5 rings (SSSR count). The first kappa shape index (κ1) is 25.2. The number of carbonyl (C=O) groups excluding carboxylic acids is 3. The number of fused-ring (bicyclic) bond motifs is 1. The number of amides is 2. The molecule has 0 aliphatic carbocycles. The molecule has 2 amide bonds. The Balaban J connectivity index is 1.48. The molecule has 1 atom stereocenters. The van der Waals surface area contributed by atoms with Crippen LogP contribution in [0.25, 0.3) is 20.7 Å². The number of anilines is 1. The summed E-state index contributed by atoms with van der Waals surface area (Å²) in [5, 5.41) is 1.16. The molecule has 194 valence electrons. The molecule has 2 fully saturated rings. The summed E-state index contributed by atoms with van der Waals surface area (Å²) >= 11 is 1.67. The van der Waals surface area contributed by atoms with Crippen molar-refractivity contribution >= 4 is 45.0 Å².